The zero-order valence-electron chi connectivity index (χ0n) is 16.8. The lowest BCUT2D eigenvalue weighted by Crippen LogP contribution is -2.51. The largest absolute Gasteiger partial charge is 0.321 e. The van der Waals surface area contributed by atoms with Crippen molar-refractivity contribution in [1.29, 1.82) is 0 Å². The van der Waals surface area contributed by atoms with Crippen LogP contribution in [-0.4, -0.2) is 63.5 Å². The van der Waals surface area contributed by atoms with Crippen LogP contribution in [0.2, 0.25) is 0 Å². The van der Waals surface area contributed by atoms with Gasteiger partial charge in [-0.25, -0.2) is 15.3 Å². The van der Waals surface area contributed by atoms with E-state index < -0.39 is 11.9 Å². The van der Waals surface area contributed by atoms with Crippen LogP contribution >= 0.6 is 11.3 Å². The lowest BCUT2D eigenvalue weighted by Gasteiger charge is -2.31. The monoisotopic (exact) mass is 411 g/mol. The van der Waals surface area contributed by atoms with Crippen LogP contribution in [0.3, 0.4) is 0 Å². The molecular formula is C18H29N5O4S. The Kier molecular flexibility index (Phi) is 7.76. The Morgan fingerprint density at radius 3 is 2.64 bits per heavy atom. The molecule has 1 saturated heterocycles. The number of carbonyl (C=O) groups is 3. The maximum atomic E-state index is 13.0. The topological polar surface area (TPSA) is 115 Å². The highest BCUT2D eigenvalue weighted by atomic mass is 32.1. The van der Waals surface area contributed by atoms with Crippen molar-refractivity contribution in [2.24, 2.45) is 5.92 Å². The Morgan fingerprint density at radius 1 is 1.36 bits per heavy atom. The van der Waals surface area contributed by atoms with Gasteiger partial charge in [-0.3, -0.25) is 14.8 Å². The van der Waals surface area contributed by atoms with Gasteiger partial charge in [0.25, 0.3) is 5.91 Å². The number of thiazole rings is 1. The summed E-state index contributed by atoms with van der Waals surface area (Å²) in [7, 11) is 0. The molecule has 2 rings (SSSR count). The summed E-state index contributed by atoms with van der Waals surface area (Å²) in [6.07, 6.45) is 1.99. The summed E-state index contributed by atoms with van der Waals surface area (Å²) < 4.78 is 0. The molecule has 1 fully saturated rings. The molecule has 4 amide bonds. The third kappa shape index (κ3) is 5.65. The van der Waals surface area contributed by atoms with Crippen LogP contribution in [0.5, 0.6) is 0 Å². The van der Waals surface area contributed by atoms with Gasteiger partial charge < -0.3 is 15.1 Å². The van der Waals surface area contributed by atoms with Crippen LogP contribution in [0.15, 0.2) is 0 Å². The number of nitrogens with zero attached hydrogens (tertiary/aromatic N) is 3. The first-order valence-corrected chi connectivity index (χ1v) is 10.3. The summed E-state index contributed by atoms with van der Waals surface area (Å²) in [5, 5.41) is 12.1. The SMILES string of the molecule is Cc1nc(NC(=O)[C@H]2CCCN2C(=O)N(CCC(C)C)CC(=O)NO)sc1C. The molecule has 1 aliphatic rings. The Labute approximate surface area is 169 Å². The highest BCUT2D eigenvalue weighted by Gasteiger charge is 2.37. The molecule has 9 nitrogen and oxygen atoms in total. The van der Waals surface area contributed by atoms with Crippen LogP contribution in [-0.2, 0) is 9.59 Å². The third-order valence-electron chi connectivity index (χ3n) is 4.77. The van der Waals surface area contributed by atoms with Crippen molar-refractivity contribution in [3.05, 3.63) is 10.6 Å². The maximum Gasteiger partial charge on any atom is 0.321 e. The second kappa shape index (κ2) is 9.83. The number of aromatic nitrogens is 1. The first-order chi connectivity index (χ1) is 13.2. The molecule has 2 heterocycles. The minimum Gasteiger partial charge on any atom is -0.315 e. The lowest BCUT2D eigenvalue weighted by molar-refractivity contribution is -0.129. The summed E-state index contributed by atoms with van der Waals surface area (Å²) in [6, 6.07) is -0.968. The summed E-state index contributed by atoms with van der Waals surface area (Å²) in [4.78, 5) is 45.6. The van der Waals surface area contributed by atoms with E-state index in [1.165, 1.54) is 21.1 Å². The Hall–Kier alpha value is -2.20. The summed E-state index contributed by atoms with van der Waals surface area (Å²) in [6.45, 7) is 8.44. The zero-order valence-corrected chi connectivity index (χ0v) is 17.6. The summed E-state index contributed by atoms with van der Waals surface area (Å²) in [5.41, 5.74) is 2.44. The van der Waals surface area contributed by atoms with Crippen molar-refractivity contribution in [3.63, 3.8) is 0 Å². The fourth-order valence-corrected chi connectivity index (χ4v) is 3.85. The van der Waals surface area contributed by atoms with Gasteiger partial charge in [-0.1, -0.05) is 13.8 Å². The van der Waals surface area contributed by atoms with Crippen molar-refractivity contribution in [2.45, 2.75) is 53.0 Å². The average molecular weight is 412 g/mol. The van der Waals surface area contributed by atoms with Crippen molar-refractivity contribution in [1.82, 2.24) is 20.3 Å². The van der Waals surface area contributed by atoms with Gasteiger partial charge in [-0.2, -0.15) is 0 Å². The van der Waals surface area contributed by atoms with Gasteiger partial charge in [0.2, 0.25) is 5.91 Å². The predicted octanol–water partition coefficient (Wildman–Crippen LogP) is 2.14. The van der Waals surface area contributed by atoms with E-state index in [0.717, 1.165) is 10.6 Å². The van der Waals surface area contributed by atoms with E-state index in [4.69, 9.17) is 5.21 Å². The first-order valence-electron chi connectivity index (χ1n) is 9.46. The molecule has 1 aliphatic heterocycles. The highest BCUT2D eigenvalue weighted by Crippen LogP contribution is 2.24. The van der Waals surface area contributed by atoms with Gasteiger partial charge in [0.05, 0.1) is 5.69 Å². The van der Waals surface area contributed by atoms with Crippen LogP contribution < -0.4 is 10.8 Å². The number of amides is 4. The predicted molar refractivity (Wildman–Crippen MR) is 106 cm³/mol. The van der Waals surface area contributed by atoms with Crippen LogP contribution in [0.1, 0.15) is 43.7 Å². The number of likely N-dealkylation sites (tertiary alicyclic amines) is 1. The number of hydroxylamine groups is 1. The molecule has 28 heavy (non-hydrogen) atoms. The van der Waals surface area contributed by atoms with Crippen molar-refractivity contribution >= 4 is 34.3 Å². The second-order valence-electron chi connectivity index (χ2n) is 7.42. The number of rotatable bonds is 7. The quantitative estimate of drug-likeness (QED) is 0.470. The van der Waals surface area contributed by atoms with E-state index in [2.05, 4.69) is 10.3 Å². The molecule has 0 unspecified atom stereocenters. The third-order valence-corrected chi connectivity index (χ3v) is 5.75. The van der Waals surface area contributed by atoms with Gasteiger partial charge in [0, 0.05) is 18.0 Å². The fraction of sp³-hybridized carbons (Fsp3) is 0.667. The Morgan fingerprint density at radius 2 is 2.07 bits per heavy atom. The molecule has 0 radical (unpaired) electrons. The van der Waals surface area contributed by atoms with Crippen LogP contribution in [0, 0.1) is 19.8 Å². The molecular weight excluding hydrogens is 382 g/mol. The van der Waals surface area contributed by atoms with Crippen molar-refractivity contribution < 1.29 is 19.6 Å². The number of urea groups is 1. The van der Waals surface area contributed by atoms with E-state index >= 15 is 0 Å². The minimum absolute atomic E-state index is 0.252. The summed E-state index contributed by atoms with van der Waals surface area (Å²) in [5.74, 6) is -0.581. The van der Waals surface area contributed by atoms with Gasteiger partial charge in [-0.15, -0.1) is 11.3 Å². The average Bonchev–Trinajstić information content (AvgIpc) is 3.24. The van der Waals surface area contributed by atoms with Gasteiger partial charge in [0.1, 0.15) is 12.6 Å². The van der Waals surface area contributed by atoms with E-state index in [9.17, 15) is 14.4 Å². The van der Waals surface area contributed by atoms with Gasteiger partial charge in [-0.05, 0) is 39.0 Å². The van der Waals surface area contributed by atoms with Gasteiger partial charge >= 0.3 is 6.03 Å². The number of nitrogens with one attached hydrogen (secondary N) is 2. The number of hydrogen-bond donors (Lipinski definition) is 3. The van der Waals surface area contributed by atoms with Crippen LogP contribution in [0.4, 0.5) is 9.93 Å². The molecule has 156 valence electrons. The number of carbonyl (C=O) groups excluding carboxylic acids is 3. The molecule has 10 heteroatoms. The number of aryl methyl sites for hydroxylation is 2. The lowest BCUT2D eigenvalue weighted by atomic mass is 10.1. The number of anilines is 1. The molecule has 1 atom stereocenters. The molecule has 0 spiro atoms. The first kappa shape index (κ1) is 22.1. The van der Waals surface area contributed by atoms with Crippen molar-refractivity contribution in [2.75, 3.05) is 25.0 Å². The molecule has 0 saturated carbocycles. The standard InChI is InChI=1S/C18H29N5O4S/c1-11(2)7-9-22(10-15(24)21-27)18(26)23-8-5-6-14(23)16(25)20-17-19-12(3)13(4)28-17/h11,14,27H,5-10H2,1-4H3,(H,21,24)(H,19,20,25)/t14-/m1/s1. The number of hydrogen-bond acceptors (Lipinski definition) is 6. The minimum atomic E-state index is -0.661. The van der Waals surface area contributed by atoms with E-state index in [1.54, 1.807) is 5.48 Å². The molecule has 1 aromatic heterocycles. The summed E-state index contributed by atoms with van der Waals surface area (Å²) >= 11 is 1.40. The maximum absolute atomic E-state index is 13.0. The van der Waals surface area contributed by atoms with Gasteiger partial charge in [0.15, 0.2) is 5.13 Å². The zero-order chi connectivity index (χ0) is 20.8. The molecule has 0 bridgehead atoms. The van der Waals surface area contributed by atoms with Crippen molar-refractivity contribution in [3.8, 4) is 0 Å². The molecule has 1 aromatic rings. The smallest absolute Gasteiger partial charge is 0.315 e. The molecule has 3 N–H and O–H groups in total. The second-order valence-corrected chi connectivity index (χ2v) is 8.63. The normalized spacial score (nSPS) is 16.4. The molecule has 0 aromatic carbocycles. The highest BCUT2D eigenvalue weighted by molar-refractivity contribution is 7.15. The van der Waals surface area contributed by atoms with E-state index in [1.807, 2.05) is 27.7 Å². The van der Waals surface area contributed by atoms with E-state index in [0.29, 0.717) is 43.4 Å². The Balaban J connectivity index is 2.09. The molecule has 0 aliphatic carbocycles. The van der Waals surface area contributed by atoms with Crippen LogP contribution in [0.25, 0.3) is 0 Å². The van der Waals surface area contributed by atoms with E-state index in [-0.39, 0.29) is 18.5 Å². The fourth-order valence-electron chi connectivity index (χ4n) is 3.03. The Bertz CT molecular complexity index is 701.